The highest BCUT2D eigenvalue weighted by molar-refractivity contribution is 6.26. The maximum atomic E-state index is 13.4. The van der Waals surface area contributed by atoms with Crippen molar-refractivity contribution < 1.29 is 19.2 Å². The van der Waals surface area contributed by atoms with Crippen molar-refractivity contribution in [3.8, 4) is 0 Å². The topological polar surface area (TPSA) is 144 Å². The van der Waals surface area contributed by atoms with Crippen molar-refractivity contribution in [3.63, 3.8) is 0 Å². The first-order valence-electron chi connectivity index (χ1n) is 12.3. The summed E-state index contributed by atoms with van der Waals surface area (Å²) in [5.74, 6) is -2.05. The van der Waals surface area contributed by atoms with E-state index >= 15 is 0 Å². The summed E-state index contributed by atoms with van der Waals surface area (Å²) in [6.45, 7) is 3.73. The molecule has 37 heavy (non-hydrogen) atoms. The van der Waals surface area contributed by atoms with E-state index in [0.717, 1.165) is 22.0 Å². The number of H-pyrrole nitrogens is 1. The van der Waals surface area contributed by atoms with Gasteiger partial charge in [0.2, 0.25) is 17.7 Å². The number of benzene rings is 2. The van der Waals surface area contributed by atoms with Gasteiger partial charge in [-0.1, -0.05) is 62.4 Å². The van der Waals surface area contributed by atoms with Gasteiger partial charge in [-0.05, 0) is 23.6 Å². The van der Waals surface area contributed by atoms with Crippen LogP contribution in [0.2, 0.25) is 0 Å². The van der Waals surface area contributed by atoms with E-state index in [1.54, 1.807) is 20.0 Å². The standard InChI is InChI=1S/C28H33N5O4/c1-18(2)26(35)33-25(14-20-17-30-23-11-7-6-10-22(20)23)28(37)32-24(13-12-21(34)15-29)27(36)31-16-19-8-4-3-5-9-19/h3-11,15,17-18,24-25,29-30H,12-14,16H2,1-2H3,(H,31,36)(H,32,37)(H,33,35)/t24-,25-/m0/s1. The van der Waals surface area contributed by atoms with Crippen molar-refractivity contribution in [2.24, 2.45) is 5.92 Å². The molecule has 0 saturated carbocycles. The van der Waals surface area contributed by atoms with Crippen molar-refractivity contribution in [2.45, 2.75) is 51.7 Å². The Morgan fingerprint density at radius 1 is 0.892 bits per heavy atom. The summed E-state index contributed by atoms with van der Waals surface area (Å²) in [7, 11) is 0. The number of rotatable bonds is 13. The molecule has 0 aliphatic carbocycles. The van der Waals surface area contributed by atoms with Crippen LogP contribution >= 0.6 is 0 Å². The summed E-state index contributed by atoms with van der Waals surface area (Å²) in [5, 5.41) is 16.4. The third-order valence-corrected chi connectivity index (χ3v) is 6.04. The number of Topliss-reactive ketones (excluding diaryl/α,β-unsaturated/α-hetero) is 1. The minimum Gasteiger partial charge on any atom is -0.361 e. The molecule has 0 aliphatic rings. The lowest BCUT2D eigenvalue weighted by molar-refractivity contribution is -0.133. The van der Waals surface area contributed by atoms with Crippen LogP contribution in [0.25, 0.3) is 10.9 Å². The zero-order valence-electron chi connectivity index (χ0n) is 21.0. The molecule has 0 spiro atoms. The van der Waals surface area contributed by atoms with Gasteiger partial charge in [0.15, 0.2) is 5.78 Å². The molecule has 5 N–H and O–H groups in total. The number of aromatic amines is 1. The molecule has 2 aromatic carbocycles. The fourth-order valence-electron chi connectivity index (χ4n) is 3.88. The average Bonchev–Trinajstić information content (AvgIpc) is 3.32. The lowest BCUT2D eigenvalue weighted by Gasteiger charge is -2.24. The van der Waals surface area contributed by atoms with Crippen molar-refractivity contribution in [3.05, 3.63) is 71.9 Å². The molecule has 0 bridgehead atoms. The van der Waals surface area contributed by atoms with E-state index in [9.17, 15) is 19.2 Å². The maximum absolute atomic E-state index is 13.4. The van der Waals surface area contributed by atoms with E-state index in [0.29, 0.717) is 6.21 Å². The van der Waals surface area contributed by atoms with E-state index in [-0.39, 0.29) is 37.6 Å². The fourth-order valence-corrected chi connectivity index (χ4v) is 3.88. The number of fused-ring (bicyclic) bond motifs is 1. The van der Waals surface area contributed by atoms with Crippen LogP contribution in [0.15, 0.2) is 60.8 Å². The summed E-state index contributed by atoms with van der Waals surface area (Å²) in [4.78, 5) is 53.9. The van der Waals surface area contributed by atoms with Crippen molar-refractivity contribution in [2.75, 3.05) is 0 Å². The minimum absolute atomic E-state index is 0.0263. The molecular formula is C28H33N5O4. The second-order valence-electron chi connectivity index (χ2n) is 9.19. The van der Waals surface area contributed by atoms with Crippen LogP contribution in [0.3, 0.4) is 0 Å². The Morgan fingerprint density at radius 3 is 2.27 bits per heavy atom. The van der Waals surface area contributed by atoms with Gasteiger partial charge in [-0.15, -0.1) is 0 Å². The number of carbonyl (C=O) groups is 4. The Hall–Kier alpha value is -4.27. The molecule has 9 nitrogen and oxygen atoms in total. The number of para-hydroxylation sites is 1. The lowest BCUT2D eigenvalue weighted by Crippen LogP contribution is -2.55. The summed E-state index contributed by atoms with van der Waals surface area (Å²) in [6.07, 6.45) is 2.67. The second kappa shape index (κ2) is 13.2. The summed E-state index contributed by atoms with van der Waals surface area (Å²) in [6, 6.07) is 15.0. The molecule has 0 aliphatic heterocycles. The van der Waals surface area contributed by atoms with E-state index in [1.165, 1.54) is 0 Å². The zero-order chi connectivity index (χ0) is 26.8. The van der Waals surface area contributed by atoms with Gasteiger partial charge in [0.25, 0.3) is 0 Å². The molecule has 3 amide bonds. The smallest absolute Gasteiger partial charge is 0.243 e. The van der Waals surface area contributed by atoms with Crippen LogP contribution in [-0.4, -0.2) is 46.8 Å². The van der Waals surface area contributed by atoms with Crippen LogP contribution in [0.4, 0.5) is 0 Å². The summed E-state index contributed by atoms with van der Waals surface area (Å²) >= 11 is 0. The third-order valence-electron chi connectivity index (χ3n) is 6.04. The highest BCUT2D eigenvalue weighted by Gasteiger charge is 2.28. The van der Waals surface area contributed by atoms with Gasteiger partial charge in [-0.3, -0.25) is 19.2 Å². The molecule has 0 saturated heterocycles. The van der Waals surface area contributed by atoms with Crippen molar-refractivity contribution in [1.82, 2.24) is 20.9 Å². The third kappa shape index (κ3) is 7.86. The van der Waals surface area contributed by atoms with Crippen LogP contribution in [0.1, 0.15) is 37.8 Å². The van der Waals surface area contributed by atoms with Gasteiger partial charge in [-0.2, -0.15) is 0 Å². The van der Waals surface area contributed by atoms with E-state index in [2.05, 4.69) is 20.9 Å². The number of hydrogen-bond donors (Lipinski definition) is 5. The maximum Gasteiger partial charge on any atom is 0.243 e. The minimum atomic E-state index is -1.01. The fraction of sp³-hybridized carbons (Fsp3) is 0.321. The van der Waals surface area contributed by atoms with Gasteiger partial charge >= 0.3 is 0 Å². The summed E-state index contributed by atoms with van der Waals surface area (Å²) < 4.78 is 0. The first-order valence-corrected chi connectivity index (χ1v) is 12.3. The number of nitrogens with one attached hydrogen (secondary N) is 5. The monoisotopic (exact) mass is 503 g/mol. The number of amides is 3. The Balaban J connectivity index is 1.78. The largest absolute Gasteiger partial charge is 0.361 e. The Morgan fingerprint density at radius 2 is 1.57 bits per heavy atom. The van der Waals surface area contributed by atoms with Gasteiger partial charge in [-0.25, -0.2) is 0 Å². The molecule has 0 fully saturated rings. The Kier molecular flexibility index (Phi) is 9.71. The predicted octanol–water partition coefficient (Wildman–Crippen LogP) is 2.65. The van der Waals surface area contributed by atoms with Gasteiger partial charge < -0.3 is 26.3 Å². The van der Waals surface area contributed by atoms with Crippen molar-refractivity contribution in [1.29, 1.82) is 5.41 Å². The molecule has 9 heteroatoms. The Bertz CT molecular complexity index is 1250. The van der Waals surface area contributed by atoms with Crippen molar-refractivity contribution >= 4 is 40.6 Å². The zero-order valence-corrected chi connectivity index (χ0v) is 21.0. The molecule has 3 aromatic rings. The number of hydrogen-bond acceptors (Lipinski definition) is 5. The van der Waals surface area contributed by atoms with Crippen LogP contribution < -0.4 is 16.0 Å². The highest BCUT2D eigenvalue weighted by Crippen LogP contribution is 2.19. The Labute approximate surface area is 215 Å². The predicted molar refractivity (Wildman–Crippen MR) is 142 cm³/mol. The van der Waals surface area contributed by atoms with E-state index in [4.69, 9.17) is 5.41 Å². The number of ketones is 1. The number of aromatic nitrogens is 1. The summed E-state index contributed by atoms with van der Waals surface area (Å²) in [5.41, 5.74) is 2.65. The first kappa shape index (κ1) is 27.3. The molecule has 3 rings (SSSR count). The van der Waals surface area contributed by atoms with E-state index in [1.807, 2.05) is 54.6 Å². The van der Waals surface area contributed by atoms with E-state index < -0.39 is 29.7 Å². The SMILES string of the molecule is CC(C)C(=O)N[C@@H](Cc1c[nH]c2ccccc12)C(=O)N[C@@H](CCC(=O)C=N)C(=O)NCc1ccccc1. The molecule has 0 radical (unpaired) electrons. The molecule has 2 atom stereocenters. The quantitative estimate of drug-likeness (QED) is 0.228. The highest BCUT2D eigenvalue weighted by atomic mass is 16.2. The lowest BCUT2D eigenvalue weighted by atomic mass is 10.0. The number of carbonyl (C=O) groups excluding carboxylic acids is 4. The van der Waals surface area contributed by atoms with Gasteiger partial charge in [0.05, 0.1) is 6.21 Å². The molecule has 194 valence electrons. The van der Waals surface area contributed by atoms with Crippen LogP contribution in [-0.2, 0) is 32.1 Å². The average molecular weight is 504 g/mol. The molecule has 0 unspecified atom stereocenters. The normalized spacial score (nSPS) is 12.5. The second-order valence-corrected chi connectivity index (χ2v) is 9.19. The molecule has 1 heterocycles. The van der Waals surface area contributed by atoms with Gasteiger partial charge in [0.1, 0.15) is 12.1 Å². The van der Waals surface area contributed by atoms with Crippen LogP contribution in [0.5, 0.6) is 0 Å². The molecular weight excluding hydrogens is 470 g/mol. The molecule has 1 aromatic heterocycles. The van der Waals surface area contributed by atoms with Gasteiger partial charge in [0, 0.05) is 42.4 Å². The van der Waals surface area contributed by atoms with Crippen LogP contribution in [0, 0.1) is 11.3 Å². The first-order chi connectivity index (χ1) is 17.8.